The van der Waals surface area contributed by atoms with Gasteiger partial charge in [-0.05, 0) is 67.3 Å². The van der Waals surface area contributed by atoms with Crippen LogP contribution in [0.15, 0.2) is 56.5 Å². The van der Waals surface area contributed by atoms with Crippen molar-refractivity contribution in [2.45, 2.75) is 6.54 Å². The first-order chi connectivity index (χ1) is 10.6. The Balaban J connectivity index is 1.85. The monoisotopic (exact) mass is 441 g/mol. The molecule has 0 unspecified atom stereocenters. The van der Waals surface area contributed by atoms with Crippen molar-refractivity contribution < 1.29 is 5.11 Å². The molecule has 0 aliphatic heterocycles. The first kappa shape index (κ1) is 16.9. The van der Waals surface area contributed by atoms with Crippen molar-refractivity contribution in [2.75, 3.05) is 0 Å². The molecule has 114 valence electrons. The van der Waals surface area contributed by atoms with Crippen molar-refractivity contribution in [2.24, 2.45) is 5.10 Å². The van der Waals surface area contributed by atoms with Gasteiger partial charge in [0.2, 0.25) is 0 Å². The maximum absolute atomic E-state index is 9.64. The number of hydrogen-bond donors (Lipinski definition) is 3. The first-order valence-corrected chi connectivity index (χ1v) is 8.34. The summed E-state index contributed by atoms with van der Waals surface area (Å²) in [6.45, 7) is 0.637. The van der Waals surface area contributed by atoms with E-state index in [1.54, 1.807) is 18.3 Å². The number of nitrogens with zero attached hydrogens (tertiary/aromatic N) is 1. The number of phenolic OH excluding ortho intramolecular Hbond substituents is 1. The van der Waals surface area contributed by atoms with Gasteiger partial charge in [0.25, 0.3) is 0 Å². The zero-order valence-corrected chi connectivity index (χ0v) is 15.4. The molecule has 22 heavy (non-hydrogen) atoms. The third-order valence-corrected chi connectivity index (χ3v) is 4.16. The summed E-state index contributed by atoms with van der Waals surface area (Å²) in [6.07, 6.45) is 1.62. The lowest BCUT2D eigenvalue weighted by atomic mass is 10.2. The molecular formula is C15H13Br2N3OS. The van der Waals surface area contributed by atoms with Crippen molar-refractivity contribution in [3.63, 3.8) is 0 Å². The molecule has 0 aromatic heterocycles. The third-order valence-electron chi connectivity index (χ3n) is 2.71. The molecule has 2 aromatic carbocycles. The molecule has 7 heteroatoms. The number of phenols is 1. The van der Waals surface area contributed by atoms with Gasteiger partial charge in [-0.1, -0.05) is 30.3 Å². The molecule has 0 atom stereocenters. The highest BCUT2D eigenvalue weighted by molar-refractivity contribution is 9.11. The number of hydrogen-bond acceptors (Lipinski definition) is 3. The predicted molar refractivity (Wildman–Crippen MR) is 100 cm³/mol. The molecule has 0 heterocycles. The number of hydrazone groups is 1. The Morgan fingerprint density at radius 2 is 1.82 bits per heavy atom. The van der Waals surface area contributed by atoms with Crippen LogP contribution < -0.4 is 10.7 Å². The van der Waals surface area contributed by atoms with Crippen molar-refractivity contribution in [1.82, 2.24) is 10.7 Å². The highest BCUT2D eigenvalue weighted by atomic mass is 79.9. The molecule has 0 fully saturated rings. The van der Waals surface area contributed by atoms with Crippen LogP contribution in [-0.2, 0) is 6.54 Å². The maximum Gasteiger partial charge on any atom is 0.187 e. The molecule has 2 aromatic rings. The second-order valence-electron chi connectivity index (χ2n) is 4.37. The first-order valence-electron chi connectivity index (χ1n) is 6.35. The van der Waals surface area contributed by atoms with E-state index in [0.29, 0.717) is 20.6 Å². The Hall–Kier alpha value is -1.44. The Kier molecular flexibility index (Phi) is 6.35. The van der Waals surface area contributed by atoms with Gasteiger partial charge in [-0.25, -0.2) is 0 Å². The van der Waals surface area contributed by atoms with Crippen molar-refractivity contribution in [1.29, 1.82) is 0 Å². The molecule has 0 spiro atoms. The molecule has 2 rings (SSSR count). The Morgan fingerprint density at radius 3 is 2.45 bits per heavy atom. The topological polar surface area (TPSA) is 56.7 Å². The van der Waals surface area contributed by atoms with Crippen LogP contribution in [0.2, 0.25) is 0 Å². The fraction of sp³-hybridized carbons (Fsp3) is 0.0667. The fourth-order valence-electron chi connectivity index (χ4n) is 1.64. The van der Waals surface area contributed by atoms with Gasteiger partial charge >= 0.3 is 0 Å². The van der Waals surface area contributed by atoms with Crippen molar-refractivity contribution in [3.05, 3.63) is 62.5 Å². The molecule has 4 nitrogen and oxygen atoms in total. The highest BCUT2D eigenvalue weighted by Crippen LogP contribution is 2.32. The number of nitrogens with one attached hydrogen (secondary N) is 2. The molecule has 0 bridgehead atoms. The van der Waals surface area contributed by atoms with E-state index in [-0.39, 0.29) is 5.75 Å². The quantitative estimate of drug-likeness (QED) is 0.381. The Morgan fingerprint density at radius 1 is 1.18 bits per heavy atom. The van der Waals surface area contributed by atoms with Crippen LogP contribution >= 0.6 is 44.1 Å². The molecular weight excluding hydrogens is 430 g/mol. The molecule has 0 radical (unpaired) electrons. The molecule has 0 aliphatic rings. The number of halogens is 2. The summed E-state index contributed by atoms with van der Waals surface area (Å²) < 4.78 is 1.18. The minimum absolute atomic E-state index is 0.158. The van der Waals surface area contributed by atoms with E-state index >= 15 is 0 Å². The van der Waals surface area contributed by atoms with Crippen LogP contribution in [0.25, 0.3) is 0 Å². The van der Waals surface area contributed by atoms with Crippen LogP contribution in [0, 0.1) is 0 Å². The van der Waals surface area contributed by atoms with Gasteiger partial charge < -0.3 is 10.4 Å². The lowest BCUT2D eigenvalue weighted by Crippen LogP contribution is -2.31. The van der Waals surface area contributed by atoms with E-state index in [1.165, 1.54) is 0 Å². The van der Waals surface area contributed by atoms with Crippen LogP contribution in [0.4, 0.5) is 0 Å². The van der Waals surface area contributed by atoms with Crippen molar-refractivity contribution >= 4 is 55.4 Å². The smallest absolute Gasteiger partial charge is 0.187 e. The summed E-state index contributed by atoms with van der Waals surface area (Å²) in [4.78, 5) is 0. The average molecular weight is 443 g/mol. The molecule has 0 saturated carbocycles. The van der Waals surface area contributed by atoms with E-state index in [0.717, 1.165) is 11.1 Å². The lowest BCUT2D eigenvalue weighted by Gasteiger charge is -2.07. The van der Waals surface area contributed by atoms with Crippen molar-refractivity contribution in [3.8, 4) is 5.75 Å². The highest BCUT2D eigenvalue weighted by Gasteiger charge is 2.04. The molecule has 0 amide bonds. The minimum atomic E-state index is 0.158. The van der Waals surface area contributed by atoms with E-state index in [4.69, 9.17) is 12.2 Å². The molecule has 0 saturated heterocycles. The van der Waals surface area contributed by atoms with Gasteiger partial charge in [0.15, 0.2) is 5.11 Å². The maximum atomic E-state index is 9.64. The largest absolute Gasteiger partial charge is 0.506 e. The van der Waals surface area contributed by atoms with E-state index < -0.39 is 0 Å². The van der Waals surface area contributed by atoms with Gasteiger partial charge in [-0.3, -0.25) is 5.43 Å². The SMILES string of the molecule is Oc1c(Br)cc(C=NNC(=S)NCc2ccccc2)cc1Br. The van der Waals surface area contributed by atoms with Crippen LogP contribution in [0.5, 0.6) is 5.75 Å². The Bertz CT molecular complexity index is 669. The predicted octanol–water partition coefficient (Wildman–Crippen LogP) is 3.92. The summed E-state index contributed by atoms with van der Waals surface area (Å²) >= 11 is 11.7. The minimum Gasteiger partial charge on any atom is -0.506 e. The standard InChI is InChI=1S/C15H13Br2N3OS/c16-12-6-11(7-13(17)14(12)21)9-19-20-15(22)18-8-10-4-2-1-3-5-10/h1-7,9,21H,8H2,(H2,18,20,22). The number of benzene rings is 2. The summed E-state index contributed by atoms with van der Waals surface area (Å²) in [6, 6.07) is 13.5. The second-order valence-corrected chi connectivity index (χ2v) is 6.49. The van der Waals surface area contributed by atoms with Gasteiger partial charge in [0, 0.05) is 6.54 Å². The van der Waals surface area contributed by atoms with E-state index in [9.17, 15) is 5.11 Å². The van der Waals surface area contributed by atoms with E-state index in [2.05, 4.69) is 47.7 Å². The van der Waals surface area contributed by atoms with Crippen LogP contribution in [-0.4, -0.2) is 16.4 Å². The summed E-state index contributed by atoms with van der Waals surface area (Å²) in [5, 5.41) is 17.2. The second kappa shape index (κ2) is 8.26. The summed E-state index contributed by atoms with van der Waals surface area (Å²) in [7, 11) is 0. The number of rotatable bonds is 4. The van der Waals surface area contributed by atoms with Gasteiger partial charge in [-0.2, -0.15) is 5.10 Å². The normalized spacial score (nSPS) is 10.6. The average Bonchev–Trinajstić information content (AvgIpc) is 2.51. The zero-order chi connectivity index (χ0) is 15.9. The van der Waals surface area contributed by atoms with Gasteiger partial charge in [-0.15, -0.1) is 0 Å². The van der Waals surface area contributed by atoms with Gasteiger partial charge in [0.1, 0.15) is 5.75 Å². The summed E-state index contributed by atoms with van der Waals surface area (Å²) in [5.41, 5.74) is 4.71. The lowest BCUT2D eigenvalue weighted by molar-refractivity contribution is 0.468. The third kappa shape index (κ3) is 5.08. The molecule has 0 aliphatic carbocycles. The van der Waals surface area contributed by atoms with Crippen LogP contribution in [0.1, 0.15) is 11.1 Å². The zero-order valence-electron chi connectivity index (χ0n) is 11.4. The van der Waals surface area contributed by atoms with Crippen LogP contribution in [0.3, 0.4) is 0 Å². The summed E-state index contributed by atoms with van der Waals surface area (Å²) in [5.74, 6) is 0.158. The molecule has 3 N–H and O–H groups in total. The van der Waals surface area contributed by atoms with Gasteiger partial charge in [0.05, 0.1) is 15.2 Å². The van der Waals surface area contributed by atoms with E-state index in [1.807, 2.05) is 30.3 Å². The fourth-order valence-corrected chi connectivity index (χ4v) is 2.99. The Labute approximate surface area is 150 Å². The number of thiocarbonyl (C=S) groups is 1. The number of aromatic hydroxyl groups is 1.